The molecular weight excluding hydrogens is 327 g/mol. The Morgan fingerprint density at radius 2 is 1.83 bits per heavy atom. The van der Waals surface area contributed by atoms with Crippen molar-refractivity contribution in [1.29, 1.82) is 0 Å². The molecule has 3 rings (SSSR count). The van der Waals surface area contributed by atoms with E-state index in [1.807, 2.05) is 18.7 Å². The number of carbonyl (C=O) groups is 1. The number of carbonyl (C=O) groups excluding carboxylic acids is 1. The molecule has 1 aromatic carbocycles. The number of hydrogen-bond acceptors (Lipinski definition) is 2. The summed E-state index contributed by atoms with van der Waals surface area (Å²) in [5.74, 6) is 0.615. The van der Waals surface area contributed by atoms with E-state index in [0.717, 1.165) is 38.4 Å². The average Bonchev–Trinajstić information content (AvgIpc) is 3.37. The van der Waals surface area contributed by atoms with Gasteiger partial charge in [-0.1, -0.05) is 18.2 Å². The molecule has 0 bridgehead atoms. The normalized spacial score (nSPS) is 19.0. The molecular formula is C19H28ClFN2O. The Labute approximate surface area is 150 Å². The number of likely N-dealkylation sites (tertiary alicyclic amines) is 1. The molecule has 0 aromatic heterocycles. The van der Waals surface area contributed by atoms with Crippen LogP contribution in [0, 0.1) is 11.7 Å². The van der Waals surface area contributed by atoms with Gasteiger partial charge in [0.2, 0.25) is 5.91 Å². The Balaban J connectivity index is 0.00000208. The number of nitrogens with one attached hydrogen (secondary N) is 1. The minimum Gasteiger partial charge on any atom is -0.342 e. The fraction of sp³-hybridized carbons (Fsp3) is 0.632. The van der Waals surface area contributed by atoms with Crippen molar-refractivity contribution in [3.05, 3.63) is 35.6 Å². The number of hydrogen-bond donors (Lipinski definition) is 1. The quantitative estimate of drug-likeness (QED) is 0.877. The van der Waals surface area contributed by atoms with Crippen LogP contribution in [0.5, 0.6) is 0 Å². The van der Waals surface area contributed by atoms with Crippen LogP contribution < -0.4 is 5.32 Å². The Kier molecular flexibility index (Phi) is 6.27. The molecule has 1 aromatic rings. The minimum absolute atomic E-state index is 0. The van der Waals surface area contributed by atoms with Crippen molar-refractivity contribution >= 4 is 18.3 Å². The van der Waals surface area contributed by atoms with E-state index in [2.05, 4.69) is 5.32 Å². The number of piperidine rings is 1. The Morgan fingerprint density at radius 3 is 2.42 bits per heavy atom. The van der Waals surface area contributed by atoms with Crippen LogP contribution in [0.4, 0.5) is 4.39 Å². The first-order valence-electron chi connectivity index (χ1n) is 8.76. The molecule has 1 N–H and O–H groups in total. The maximum Gasteiger partial charge on any atom is 0.232 e. The predicted octanol–water partition coefficient (Wildman–Crippen LogP) is 3.52. The highest BCUT2D eigenvalue weighted by atomic mass is 35.5. The topological polar surface area (TPSA) is 32.3 Å². The molecule has 0 spiro atoms. The van der Waals surface area contributed by atoms with Gasteiger partial charge in [0.05, 0.1) is 5.41 Å². The van der Waals surface area contributed by atoms with E-state index in [4.69, 9.17) is 0 Å². The second-order valence-corrected chi connectivity index (χ2v) is 7.52. The summed E-state index contributed by atoms with van der Waals surface area (Å²) in [6.45, 7) is 6.30. The summed E-state index contributed by atoms with van der Waals surface area (Å²) >= 11 is 0. The Hall–Kier alpha value is -1.13. The zero-order chi connectivity index (χ0) is 16.4. The standard InChI is InChI=1S/C19H27FN2O.ClH/c1-19(2,16-5-3-4-6-17(16)20)18(23)22-11-9-15(10-12-22)21-13-14-7-8-14;/h3-6,14-15,21H,7-13H2,1-2H3;1H. The van der Waals surface area contributed by atoms with Crippen LogP contribution in [0.15, 0.2) is 24.3 Å². The maximum atomic E-state index is 14.1. The van der Waals surface area contributed by atoms with Crippen molar-refractivity contribution in [3.63, 3.8) is 0 Å². The molecule has 3 nitrogen and oxygen atoms in total. The first kappa shape index (κ1) is 19.2. The van der Waals surface area contributed by atoms with E-state index < -0.39 is 5.41 Å². The lowest BCUT2D eigenvalue weighted by molar-refractivity contribution is -0.137. The van der Waals surface area contributed by atoms with E-state index in [1.165, 1.54) is 18.9 Å². The smallest absolute Gasteiger partial charge is 0.232 e. The molecule has 1 heterocycles. The zero-order valence-electron chi connectivity index (χ0n) is 14.6. The van der Waals surface area contributed by atoms with Crippen molar-refractivity contribution in [3.8, 4) is 0 Å². The van der Waals surface area contributed by atoms with Gasteiger partial charge in [-0.25, -0.2) is 4.39 Å². The zero-order valence-corrected chi connectivity index (χ0v) is 15.4. The number of benzene rings is 1. The molecule has 0 atom stereocenters. The van der Waals surface area contributed by atoms with Crippen molar-refractivity contribution in [2.75, 3.05) is 19.6 Å². The molecule has 5 heteroatoms. The van der Waals surface area contributed by atoms with E-state index >= 15 is 0 Å². The van der Waals surface area contributed by atoms with Gasteiger partial charge in [-0.2, -0.15) is 0 Å². The first-order chi connectivity index (χ1) is 11.0. The van der Waals surface area contributed by atoms with Crippen LogP contribution in [0.3, 0.4) is 0 Å². The van der Waals surface area contributed by atoms with E-state index in [1.54, 1.807) is 18.2 Å². The third-order valence-electron chi connectivity index (χ3n) is 5.26. The molecule has 1 saturated heterocycles. The lowest BCUT2D eigenvalue weighted by atomic mass is 9.82. The van der Waals surface area contributed by atoms with Crippen molar-refractivity contribution in [2.45, 2.75) is 51.0 Å². The lowest BCUT2D eigenvalue weighted by Crippen LogP contribution is -2.50. The summed E-state index contributed by atoms with van der Waals surface area (Å²) in [4.78, 5) is 14.8. The van der Waals surface area contributed by atoms with E-state index in [0.29, 0.717) is 11.6 Å². The largest absolute Gasteiger partial charge is 0.342 e. The van der Waals surface area contributed by atoms with Gasteiger partial charge in [0.1, 0.15) is 5.82 Å². The molecule has 24 heavy (non-hydrogen) atoms. The third-order valence-corrected chi connectivity index (χ3v) is 5.26. The van der Waals surface area contributed by atoms with Crippen LogP contribution in [-0.4, -0.2) is 36.5 Å². The fourth-order valence-electron chi connectivity index (χ4n) is 3.42. The van der Waals surface area contributed by atoms with Crippen LogP contribution in [0.2, 0.25) is 0 Å². The Bertz CT molecular complexity index is 566. The molecule has 1 aliphatic heterocycles. The van der Waals surface area contributed by atoms with Gasteiger partial charge in [-0.15, -0.1) is 12.4 Å². The van der Waals surface area contributed by atoms with Crippen LogP contribution >= 0.6 is 12.4 Å². The second-order valence-electron chi connectivity index (χ2n) is 7.52. The van der Waals surface area contributed by atoms with Gasteiger partial charge in [0, 0.05) is 24.7 Å². The van der Waals surface area contributed by atoms with Crippen molar-refractivity contribution in [2.24, 2.45) is 5.92 Å². The molecule has 1 amide bonds. The van der Waals surface area contributed by atoms with Crippen molar-refractivity contribution < 1.29 is 9.18 Å². The summed E-state index contributed by atoms with van der Waals surface area (Å²) in [7, 11) is 0. The monoisotopic (exact) mass is 354 g/mol. The van der Waals surface area contributed by atoms with Crippen LogP contribution in [-0.2, 0) is 10.2 Å². The van der Waals surface area contributed by atoms with Gasteiger partial charge in [-0.05, 0) is 58.1 Å². The minimum atomic E-state index is -0.820. The predicted molar refractivity (Wildman–Crippen MR) is 97.0 cm³/mol. The average molecular weight is 355 g/mol. The first-order valence-corrected chi connectivity index (χ1v) is 8.76. The lowest BCUT2D eigenvalue weighted by Gasteiger charge is -2.37. The second kappa shape index (κ2) is 7.83. The van der Waals surface area contributed by atoms with Crippen LogP contribution in [0.1, 0.15) is 45.1 Å². The Morgan fingerprint density at radius 1 is 1.21 bits per heavy atom. The third kappa shape index (κ3) is 4.28. The van der Waals surface area contributed by atoms with Gasteiger partial charge in [0.15, 0.2) is 0 Å². The number of halogens is 2. The van der Waals surface area contributed by atoms with Crippen LogP contribution in [0.25, 0.3) is 0 Å². The number of rotatable bonds is 5. The molecule has 134 valence electrons. The highest BCUT2D eigenvalue weighted by Gasteiger charge is 2.37. The molecule has 2 aliphatic rings. The number of amides is 1. The van der Waals surface area contributed by atoms with E-state index in [-0.39, 0.29) is 24.1 Å². The molecule has 1 saturated carbocycles. The summed E-state index contributed by atoms with van der Waals surface area (Å²) < 4.78 is 14.1. The maximum absolute atomic E-state index is 14.1. The molecule has 1 aliphatic carbocycles. The summed E-state index contributed by atoms with van der Waals surface area (Å²) in [6, 6.07) is 7.13. The summed E-state index contributed by atoms with van der Waals surface area (Å²) in [5, 5.41) is 3.62. The SMILES string of the molecule is CC(C)(C(=O)N1CCC(NCC2CC2)CC1)c1ccccc1F.Cl. The number of nitrogens with zero attached hydrogens (tertiary/aromatic N) is 1. The summed E-state index contributed by atoms with van der Waals surface area (Å²) in [5.41, 5.74) is -0.335. The highest BCUT2D eigenvalue weighted by molar-refractivity contribution is 5.87. The summed E-state index contributed by atoms with van der Waals surface area (Å²) in [6.07, 6.45) is 4.71. The van der Waals surface area contributed by atoms with Gasteiger partial charge >= 0.3 is 0 Å². The molecule has 0 unspecified atom stereocenters. The molecule has 2 fully saturated rings. The highest BCUT2D eigenvalue weighted by Crippen LogP contribution is 2.30. The van der Waals surface area contributed by atoms with Gasteiger partial charge in [0.25, 0.3) is 0 Å². The van der Waals surface area contributed by atoms with Gasteiger partial charge in [-0.3, -0.25) is 4.79 Å². The molecule has 0 radical (unpaired) electrons. The fourth-order valence-corrected chi connectivity index (χ4v) is 3.42. The van der Waals surface area contributed by atoms with Gasteiger partial charge < -0.3 is 10.2 Å². The van der Waals surface area contributed by atoms with E-state index in [9.17, 15) is 9.18 Å². The van der Waals surface area contributed by atoms with Crippen molar-refractivity contribution in [1.82, 2.24) is 10.2 Å².